The number of nitrogens with one attached hydrogen (secondary N) is 1. The zero-order valence-corrected chi connectivity index (χ0v) is 59.6. The van der Waals surface area contributed by atoms with Crippen LogP contribution in [0.3, 0.4) is 0 Å². The van der Waals surface area contributed by atoms with Crippen LogP contribution in [0.5, 0.6) is 0 Å². The number of halogens is 2. The number of morpholine rings is 1. The Hall–Kier alpha value is -11.4. The van der Waals surface area contributed by atoms with Crippen molar-refractivity contribution < 1.29 is 86.6 Å². The van der Waals surface area contributed by atoms with Gasteiger partial charge in [-0.15, -0.1) is 0 Å². The third-order valence-electron chi connectivity index (χ3n) is 14.5. The van der Waals surface area contributed by atoms with Gasteiger partial charge in [-0.25, -0.2) is 73.0 Å². The second kappa shape index (κ2) is 40.3. The number of carboxylic acid groups (broad SMARTS) is 1. The van der Waals surface area contributed by atoms with Gasteiger partial charge in [0.2, 0.25) is 5.97 Å². The van der Waals surface area contributed by atoms with Crippen molar-refractivity contribution in [3.8, 4) is 57.3 Å². The van der Waals surface area contributed by atoms with E-state index in [1.807, 2.05) is 120 Å². The first-order valence-corrected chi connectivity index (χ1v) is 31.5. The Kier molecular flexibility index (Phi) is 31.6. The van der Waals surface area contributed by atoms with Crippen molar-refractivity contribution in [2.75, 3.05) is 39.4 Å². The van der Waals surface area contributed by atoms with Crippen molar-refractivity contribution in [1.82, 2.24) is 83.7 Å². The largest absolute Gasteiger partial charge is 1.00 e. The number of rotatable bonds is 9. The number of carbonyl (C=O) groups is 5. The van der Waals surface area contributed by atoms with E-state index < -0.39 is 29.8 Å². The van der Waals surface area contributed by atoms with Crippen molar-refractivity contribution in [2.24, 2.45) is 0 Å². The molecule has 0 aromatic carbocycles. The van der Waals surface area contributed by atoms with E-state index in [1.54, 1.807) is 73.8 Å². The van der Waals surface area contributed by atoms with Crippen LogP contribution < -0.4 is 34.9 Å². The summed E-state index contributed by atoms with van der Waals surface area (Å²) in [5.74, 6) is -0.364. The minimum absolute atomic E-state index is 0. The Morgan fingerprint density at radius 2 is 0.990 bits per heavy atom. The van der Waals surface area contributed by atoms with Crippen LogP contribution in [0.25, 0.3) is 84.7 Å². The first kappa shape index (κ1) is 81.6. The topological polar surface area (TPSA) is 351 Å². The van der Waals surface area contributed by atoms with Gasteiger partial charge in [0.25, 0.3) is 11.9 Å². The summed E-state index contributed by atoms with van der Waals surface area (Å²) in [6.45, 7) is 15.4. The molecule has 0 bridgehead atoms. The van der Waals surface area contributed by atoms with E-state index in [9.17, 15) is 28.0 Å². The summed E-state index contributed by atoms with van der Waals surface area (Å²) in [7, 11) is 4.32. The molecule has 32 heteroatoms. The van der Waals surface area contributed by atoms with Crippen LogP contribution in [0.1, 0.15) is 86.9 Å². The van der Waals surface area contributed by atoms with Gasteiger partial charge in [-0.1, -0.05) is 13.5 Å². The number of carboxylic acids is 1. The molecule has 28 nitrogen and oxygen atoms in total. The van der Waals surface area contributed by atoms with Crippen LogP contribution in [0.2, 0.25) is 0 Å². The van der Waals surface area contributed by atoms with E-state index in [2.05, 4.69) is 84.7 Å². The minimum atomic E-state index is -2.43. The number of nitriles is 1. The summed E-state index contributed by atoms with van der Waals surface area (Å²) in [6, 6.07) is 36.7. The Morgan fingerprint density at radius 3 is 1.29 bits per heavy atom. The number of aromatic nitrogens is 15. The van der Waals surface area contributed by atoms with Gasteiger partial charge < -0.3 is 27.9 Å². The molecule has 104 heavy (non-hydrogen) atoms. The normalized spacial score (nSPS) is 12.5. The van der Waals surface area contributed by atoms with Crippen molar-refractivity contribution >= 4 is 71.7 Å². The average Bonchev–Trinajstić information content (AvgIpc) is 1.63. The van der Waals surface area contributed by atoms with Crippen LogP contribution >= 0.6 is 0 Å². The number of carbonyl (C=O) groups excluding carboxylic acids is 4. The number of aliphatic carboxylic acids is 1. The molecule has 0 unspecified atom stereocenters. The van der Waals surface area contributed by atoms with Gasteiger partial charge in [0, 0.05) is 132 Å². The Labute approximate surface area is 620 Å². The molecule has 529 valence electrons. The van der Waals surface area contributed by atoms with E-state index in [1.165, 1.54) is 12.5 Å². The molecule has 0 atom stereocenters. The van der Waals surface area contributed by atoms with E-state index >= 15 is 0 Å². The molecule has 2 N–H and O–H groups in total. The maximum atomic E-state index is 12.1. The molecule has 14 heterocycles. The zero-order valence-electron chi connectivity index (χ0n) is 57.6. The number of hydrogen-bond donors (Lipinski definition) is 2. The number of aldehydes is 1. The minimum Gasteiger partial charge on any atom is -0.793 e. The maximum Gasteiger partial charge on any atom is 1.00 e. The average molecular weight is 1420 g/mol. The number of aryl methyl sites for hydroxylation is 3. The first-order valence-electron chi connectivity index (χ1n) is 31.5. The van der Waals surface area contributed by atoms with E-state index in [4.69, 9.17) is 39.8 Å². The number of hydrogen-bond acceptors (Lipinski definition) is 24. The molecule has 3 radical (unpaired) electrons. The molecule has 0 aliphatic carbocycles. The van der Waals surface area contributed by atoms with Crippen LogP contribution in [-0.2, 0) is 44.9 Å². The number of nitrogens with zero attached hydrogens (tertiary/aromatic N) is 17. The second-order valence-corrected chi connectivity index (χ2v) is 22.2. The summed E-state index contributed by atoms with van der Waals surface area (Å²) < 4.78 is 39.1. The molecule has 12 aromatic heterocycles. The van der Waals surface area contributed by atoms with Gasteiger partial charge in [-0.3, -0.25) is 47.9 Å². The number of pyridine rings is 9. The Bertz CT molecular complexity index is 4800. The molecular formula is C72H73BF2N18NaO10. The van der Waals surface area contributed by atoms with Crippen molar-refractivity contribution in [3.63, 3.8) is 0 Å². The predicted molar refractivity (Wildman–Crippen MR) is 378 cm³/mol. The van der Waals surface area contributed by atoms with Crippen molar-refractivity contribution in [3.05, 3.63) is 199 Å². The third-order valence-corrected chi connectivity index (χ3v) is 14.5. The van der Waals surface area contributed by atoms with Crippen LogP contribution in [0, 0.1) is 32.1 Å². The number of alkyl halides is 2. The molecule has 2 aliphatic heterocycles. The van der Waals surface area contributed by atoms with Gasteiger partial charge in [0.15, 0.2) is 23.2 Å². The van der Waals surface area contributed by atoms with Crippen molar-refractivity contribution in [2.45, 2.75) is 81.2 Å². The molecule has 14 rings (SSSR count). The number of imidazole rings is 3. The van der Waals surface area contributed by atoms with Crippen LogP contribution in [-0.4, -0.2) is 167 Å². The molecular weight excluding hydrogens is 1350 g/mol. The number of piperidine rings is 1. The van der Waals surface area contributed by atoms with Gasteiger partial charge in [0.05, 0.1) is 42.4 Å². The number of fused-ring (bicyclic) bond motifs is 3. The summed E-state index contributed by atoms with van der Waals surface area (Å²) in [5.41, 5.74) is 12.6. The molecule has 0 spiro atoms. The summed E-state index contributed by atoms with van der Waals surface area (Å²) in [5, 5.41) is 19.0. The van der Waals surface area contributed by atoms with Crippen molar-refractivity contribution in [1.29, 1.82) is 5.26 Å². The predicted octanol–water partition coefficient (Wildman–Crippen LogP) is 7.47. The Balaban J connectivity index is 0.000000209. The van der Waals surface area contributed by atoms with Gasteiger partial charge >= 0.3 is 41.5 Å². The fraction of sp³-hybridized carbons (Fsp3) is 0.250. The van der Waals surface area contributed by atoms with E-state index in [-0.39, 0.29) is 49.9 Å². The Morgan fingerprint density at radius 1 is 0.596 bits per heavy atom. The van der Waals surface area contributed by atoms with Crippen LogP contribution in [0.15, 0.2) is 165 Å². The quantitative estimate of drug-likeness (QED) is 0.0612. The standard InChI is InChI=1S/C22H22N6O.C18H12N6.C18H13N5O.C5H9F2N.C4H6O4.C2H3BO2.C2H4O2.CH4.Na/c1-16-25-20-4-3-19(18-6-8-23-9-7-18)26-22(20)28(16)21-5-2-17(14-24-21)15-27-10-12-29-13-11-27;1-12-22-16-4-3-15(14-6-8-20-9-7-14)23-18(16)24(12)17-5-2-13(10-19)11-21-17;1-12-21-16-4-3-15(14-6-8-19-9-7-14)22-18(16)23(12)17-5-2-13(11-24)10-20-17;6-5(7)2-1-3-8-4-5;1-3(5)7-8-4(2)6;1-2(4)5-3;1-2(3)4;;/h2-9,14H,10-13,15H2,1H3;2-9,11H,1H3;2-11H,1H3;8H,1-4H2;1-2H3;1H3;1H3,(H,3,4);1H4;/q;;;;;-1;;;+1. The van der Waals surface area contributed by atoms with E-state index in [0.717, 1.165) is 157 Å². The van der Waals surface area contributed by atoms with Gasteiger partial charge in [0.1, 0.15) is 57.5 Å². The molecule has 12 aromatic rings. The maximum absolute atomic E-state index is 12.1. The fourth-order valence-electron chi connectivity index (χ4n) is 9.88. The summed E-state index contributed by atoms with van der Waals surface area (Å²) in [4.78, 5) is 113. The van der Waals surface area contributed by atoms with Gasteiger partial charge in [-0.05, 0) is 142 Å². The second-order valence-electron chi connectivity index (χ2n) is 22.2. The first-order chi connectivity index (χ1) is 49.1. The SMILES string of the molecule is C.CC(=O)O.CC(=O)OOC(C)=O.Cc1nc2ccc(-c3ccncc3)nc2n1-c1ccc(C#N)cn1.Cc1nc2ccc(-c3ccncc3)nc2n1-c1ccc(C=O)cn1.Cc1nc2ccc(-c3ccncc3)nc2n1-c1ccc(CN2CCOCC2)cn1.FC1(F)CCCNC1.[B-]OC(C)=O.[Na+]. The smallest absolute Gasteiger partial charge is 0.793 e. The fourth-order valence-corrected chi connectivity index (χ4v) is 9.88. The molecule has 0 amide bonds. The molecule has 0 saturated carbocycles. The van der Waals surface area contributed by atoms with Crippen LogP contribution in [0.4, 0.5) is 8.78 Å². The molecule has 2 fully saturated rings. The van der Waals surface area contributed by atoms with Gasteiger partial charge in [-0.2, -0.15) is 5.26 Å². The molecule has 2 saturated heterocycles. The van der Waals surface area contributed by atoms with E-state index in [0.29, 0.717) is 29.2 Å². The zero-order chi connectivity index (χ0) is 73.1. The monoisotopic (exact) mass is 1420 g/mol. The third kappa shape index (κ3) is 23.9. The summed E-state index contributed by atoms with van der Waals surface area (Å²) in [6.07, 6.45) is 17.0. The summed E-state index contributed by atoms with van der Waals surface area (Å²) >= 11 is 0. The molecule has 2 aliphatic rings. The number of ether oxygens (including phenoxy) is 1.